The fourth-order valence-electron chi connectivity index (χ4n) is 2.59. The smallest absolute Gasteiger partial charge is 0.355 e. The third kappa shape index (κ3) is 6.51. The fraction of sp³-hybridized carbons (Fsp3) is 0.611. The molecule has 0 radical (unpaired) electrons. The number of rotatable bonds is 8. The highest BCUT2D eigenvalue weighted by Gasteiger charge is 2.30. The molecule has 0 spiro atoms. The molecule has 1 unspecified atom stereocenters. The highest BCUT2D eigenvalue weighted by molar-refractivity contribution is 5.76. The zero-order chi connectivity index (χ0) is 18.3. The maximum Gasteiger partial charge on any atom is 0.416 e. The van der Waals surface area contributed by atoms with Gasteiger partial charge in [0.25, 0.3) is 0 Å². The molecular weight excluding hydrogens is 317 g/mol. The van der Waals surface area contributed by atoms with Crippen molar-refractivity contribution >= 4 is 5.91 Å². The molecule has 0 aliphatic heterocycles. The number of alkyl halides is 3. The molecule has 1 aromatic carbocycles. The highest BCUT2D eigenvalue weighted by atomic mass is 19.4. The Bertz CT molecular complexity index is 512. The number of carbonyl (C=O) groups is 1. The van der Waals surface area contributed by atoms with E-state index >= 15 is 0 Å². The van der Waals surface area contributed by atoms with Gasteiger partial charge in [-0.3, -0.25) is 9.69 Å². The van der Waals surface area contributed by atoms with Crippen molar-refractivity contribution in [2.75, 3.05) is 19.6 Å². The van der Waals surface area contributed by atoms with E-state index in [1.54, 1.807) is 0 Å². The molecule has 1 rings (SSSR count). The van der Waals surface area contributed by atoms with E-state index in [4.69, 9.17) is 0 Å². The van der Waals surface area contributed by atoms with Crippen molar-refractivity contribution in [1.29, 1.82) is 0 Å². The molecule has 24 heavy (non-hydrogen) atoms. The minimum atomic E-state index is -4.33. The molecule has 1 aromatic rings. The second-order valence-corrected chi connectivity index (χ2v) is 6.30. The Morgan fingerprint density at radius 3 is 2.21 bits per heavy atom. The number of nitrogens with zero attached hydrogens (tertiary/aromatic N) is 1. The van der Waals surface area contributed by atoms with Gasteiger partial charge in [-0.05, 0) is 44.0 Å². The number of hydrogen-bond donors (Lipinski definition) is 1. The molecule has 3 nitrogen and oxygen atoms in total. The summed E-state index contributed by atoms with van der Waals surface area (Å²) < 4.78 is 37.7. The predicted molar refractivity (Wildman–Crippen MR) is 89.9 cm³/mol. The van der Waals surface area contributed by atoms with E-state index in [0.717, 1.165) is 30.8 Å². The van der Waals surface area contributed by atoms with E-state index in [1.165, 1.54) is 12.1 Å². The molecule has 0 fully saturated rings. The van der Waals surface area contributed by atoms with Crippen LogP contribution >= 0.6 is 0 Å². The Kier molecular flexibility index (Phi) is 7.73. The maximum atomic E-state index is 12.6. The van der Waals surface area contributed by atoms with Crippen LogP contribution in [0.25, 0.3) is 0 Å². The van der Waals surface area contributed by atoms with Gasteiger partial charge in [-0.1, -0.05) is 26.0 Å². The van der Waals surface area contributed by atoms with Crippen LogP contribution in [0, 0.1) is 0 Å². The van der Waals surface area contributed by atoms with Crippen molar-refractivity contribution in [3.8, 4) is 0 Å². The van der Waals surface area contributed by atoms with E-state index in [0.29, 0.717) is 12.6 Å². The molecule has 0 aromatic heterocycles. The first-order valence-corrected chi connectivity index (χ1v) is 8.33. The van der Waals surface area contributed by atoms with Crippen LogP contribution in [-0.2, 0) is 11.0 Å². The van der Waals surface area contributed by atoms with Crippen LogP contribution in [0.3, 0.4) is 0 Å². The zero-order valence-electron chi connectivity index (χ0n) is 14.8. The average molecular weight is 344 g/mol. The largest absolute Gasteiger partial charge is 0.416 e. The summed E-state index contributed by atoms with van der Waals surface area (Å²) in [6.07, 6.45) is -4.07. The van der Waals surface area contributed by atoms with Crippen molar-refractivity contribution in [3.63, 3.8) is 0 Å². The summed E-state index contributed by atoms with van der Waals surface area (Å²) in [5.74, 6) is -0.207. The predicted octanol–water partition coefficient (Wildman–Crippen LogP) is 4.05. The minimum Gasteiger partial charge on any atom is -0.355 e. The molecule has 136 valence electrons. The van der Waals surface area contributed by atoms with E-state index in [1.807, 2.05) is 6.92 Å². The molecule has 1 N–H and O–H groups in total. The van der Waals surface area contributed by atoms with Crippen LogP contribution < -0.4 is 5.32 Å². The first-order chi connectivity index (χ1) is 11.1. The lowest BCUT2D eigenvalue weighted by molar-refractivity contribution is -0.137. The van der Waals surface area contributed by atoms with E-state index in [-0.39, 0.29) is 18.2 Å². The summed E-state index contributed by atoms with van der Waals surface area (Å²) in [5.41, 5.74) is 0.0618. The molecule has 0 aliphatic carbocycles. The lowest BCUT2D eigenvalue weighted by Crippen LogP contribution is -2.38. The van der Waals surface area contributed by atoms with Gasteiger partial charge in [0.1, 0.15) is 0 Å². The van der Waals surface area contributed by atoms with Crippen LogP contribution in [0.2, 0.25) is 0 Å². The number of amides is 1. The average Bonchev–Trinajstić information content (AvgIpc) is 2.50. The quantitative estimate of drug-likeness (QED) is 0.772. The number of likely N-dealkylation sites (N-methyl/N-ethyl adjacent to an activating group) is 1. The summed E-state index contributed by atoms with van der Waals surface area (Å²) in [6.45, 7) is 10.4. The van der Waals surface area contributed by atoms with Gasteiger partial charge in [0.15, 0.2) is 0 Å². The number of benzene rings is 1. The summed E-state index contributed by atoms with van der Waals surface area (Å²) in [7, 11) is 0. The number of carbonyl (C=O) groups excluding carboxylic acids is 1. The molecular formula is C18H27F3N2O. The topological polar surface area (TPSA) is 32.3 Å². The minimum absolute atomic E-state index is 0.0813. The summed E-state index contributed by atoms with van der Waals surface area (Å²) in [4.78, 5) is 14.2. The number of hydrogen-bond acceptors (Lipinski definition) is 2. The van der Waals surface area contributed by atoms with E-state index in [2.05, 4.69) is 31.0 Å². The van der Waals surface area contributed by atoms with Crippen molar-refractivity contribution in [3.05, 3.63) is 35.4 Å². The molecule has 6 heteroatoms. The molecule has 0 saturated carbocycles. The van der Waals surface area contributed by atoms with Crippen molar-refractivity contribution in [1.82, 2.24) is 10.2 Å². The van der Waals surface area contributed by atoms with E-state index in [9.17, 15) is 18.0 Å². The number of halogens is 3. The summed E-state index contributed by atoms with van der Waals surface area (Å²) in [6, 6.07) is 5.44. The zero-order valence-corrected chi connectivity index (χ0v) is 14.8. The first kappa shape index (κ1) is 20.5. The lowest BCUT2D eigenvalue weighted by Gasteiger charge is -2.24. The third-order valence-electron chi connectivity index (χ3n) is 4.16. The molecule has 0 aliphatic rings. The van der Waals surface area contributed by atoms with Crippen molar-refractivity contribution in [2.24, 2.45) is 0 Å². The first-order valence-electron chi connectivity index (χ1n) is 8.33. The summed E-state index contributed by atoms with van der Waals surface area (Å²) in [5, 5.41) is 2.88. The maximum absolute atomic E-state index is 12.6. The summed E-state index contributed by atoms with van der Waals surface area (Å²) >= 11 is 0. The normalized spacial score (nSPS) is 13.4. The van der Waals surface area contributed by atoms with Gasteiger partial charge in [-0.15, -0.1) is 0 Å². The Morgan fingerprint density at radius 2 is 1.75 bits per heavy atom. The van der Waals surface area contributed by atoms with Crippen molar-refractivity contribution in [2.45, 2.75) is 52.3 Å². The second kappa shape index (κ2) is 9.06. The van der Waals surface area contributed by atoms with Gasteiger partial charge in [0.05, 0.1) is 5.56 Å². The number of nitrogens with one attached hydrogen (secondary N) is 1. The Labute approximate surface area is 142 Å². The van der Waals surface area contributed by atoms with Gasteiger partial charge < -0.3 is 5.32 Å². The third-order valence-corrected chi connectivity index (χ3v) is 4.16. The Morgan fingerprint density at radius 1 is 1.17 bits per heavy atom. The van der Waals surface area contributed by atoms with Crippen LogP contribution in [0.15, 0.2) is 24.3 Å². The van der Waals surface area contributed by atoms with Gasteiger partial charge in [-0.25, -0.2) is 0 Å². The standard InChI is InChI=1S/C18H27F3N2O/c1-5-23(13(2)3)11-10-22-17(24)12-14(4)15-6-8-16(9-7-15)18(19,20)21/h6-9,13-14H,5,10-12H2,1-4H3,(H,22,24). The van der Waals surface area contributed by atoms with Crippen LogP contribution in [0.1, 0.15) is 51.2 Å². The molecule has 0 saturated heterocycles. The lowest BCUT2D eigenvalue weighted by atomic mass is 9.96. The van der Waals surface area contributed by atoms with Gasteiger partial charge in [0.2, 0.25) is 5.91 Å². The fourth-order valence-corrected chi connectivity index (χ4v) is 2.59. The van der Waals surface area contributed by atoms with Gasteiger partial charge in [0, 0.05) is 25.6 Å². The van der Waals surface area contributed by atoms with Crippen LogP contribution in [-0.4, -0.2) is 36.5 Å². The monoisotopic (exact) mass is 344 g/mol. The highest BCUT2D eigenvalue weighted by Crippen LogP contribution is 2.30. The SMILES string of the molecule is CCN(CCNC(=O)CC(C)c1ccc(C(F)(F)F)cc1)C(C)C. The van der Waals surface area contributed by atoms with Crippen LogP contribution in [0.4, 0.5) is 13.2 Å². The van der Waals surface area contributed by atoms with Crippen molar-refractivity contribution < 1.29 is 18.0 Å². The second-order valence-electron chi connectivity index (χ2n) is 6.30. The van der Waals surface area contributed by atoms with Gasteiger partial charge >= 0.3 is 6.18 Å². The van der Waals surface area contributed by atoms with Gasteiger partial charge in [-0.2, -0.15) is 13.2 Å². The Balaban J connectivity index is 2.46. The molecule has 0 heterocycles. The van der Waals surface area contributed by atoms with E-state index < -0.39 is 11.7 Å². The molecule has 1 amide bonds. The van der Waals surface area contributed by atoms with Crippen LogP contribution in [0.5, 0.6) is 0 Å². The Hall–Kier alpha value is -1.56. The molecule has 0 bridgehead atoms. The molecule has 1 atom stereocenters.